The van der Waals surface area contributed by atoms with Gasteiger partial charge in [0.2, 0.25) is 0 Å². The summed E-state index contributed by atoms with van der Waals surface area (Å²) >= 11 is 0. The van der Waals surface area contributed by atoms with Crippen LogP contribution in [0.1, 0.15) is 38.0 Å². The summed E-state index contributed by atoms with van der Waals surface area (Å²) in [4.78, 5) is 3.98. The Hall–Kier alpha value is -2.54. The van der Waals surface area contributed by atoms with Gasteiger partial charge < -0.3 is 5.32 Å². The Bertz CT molecular complexity index is 901. The van der Waals surface area contributed by atoms with Crippen LogP contribution in [0.4, 0.5) is 14.6 Å². The highest BCUT2D eigenvalue weighted by Gasteiger charge is 2.26. The predicted molar refractivity (Wildman–Crippen MR) is 87.5 cm³/mol. The van der Waals surface area contributed by atoms with Gasteiger partial charge in [0.25, 0.3) is 6.43 Å². The van der Waals surface area contributed by atoms with Gasteiger partial charge in [-0.2, -0.15) is 15.0 Å². The summed E-state index contributed by atoms with van der Waals surface area (Å²) in [5, 5.41) is 16.1. The summed E-state index contributed by atoms with van der Waals surface area (Å²) in [5.74, 6) is 0.230. The molecule has 134 valence electrons. The van der Waals surface area contributed by atoms with E-state index in [1.807, 2.05) is 13.8 Å². The first-order valence-corrected chi connectivity index (χ1v) is 9.32. The molecule has 2 aromatic heterocycles. The van der Waals surface area contributed by atoms with Crippen molar-refractivity contribution < 1.29 is 17.2 Å². The fourth-order valence-corrected chi connectivity index (χ4v) is 2.61. The second kappa shape index (κ2) is 7.14. The van der Waals surface area contributed by atoms with E-state index in [4.69, 9.17) is 0 Å². The van der Waals surface area contributed by atoms with Crippen LogP contribution in [-0.4, -0.2) is 35.5 Å². The second-order valence-electron chi connectivity index (χ2n) is 5.51. The average Bonchev–Trinajstić information content (AvgIpc) is 2.92. The SMILES string of the molecule is CCC(C)Nc1c(C#N)c(C(F)F)nn1-c1ccc(S(C)(=O)=O)cn1. The van der Waals surface area contributed by atoms with E-state index in [9.17, 15) is 22.5 Å². The molecule has 0 aliphatic carbocycles. The van der Waals surface area contributed by atoms with Gasteiger partial charge in [0.05, 0.1) is 4.90 Å². The summed E-state index contributed by atoms with van der Waals surface area (Å²) < 4.78 is 50.5. The molecule has 25 heavy (non-hydrogen) atoms. The lowest BCUT2D eigenvalue weighted by Crippen LogP contribution is -2.17. The van der Waals surface area contributed by atoms with Crippen LogP contribution in [0.3, 0.4) is 0 Å². The number of alkyl halides is 2. The van der Waals surface area contributed by atoms with Crippen LogP contribution in [0, 0.1) is 11.3 Å². The largest absolute Gasteiger partial charge is 0.366 e. The Balaban J connectivity index is 2.61. The van der Waals surface area contributed by atoms with Gasteiger partial charge in [-0.15, -0.1) is 0 Å². The number of nitrogens with zero attached hydrogens (tertiary/aromatic N) is 4. The summed E-state index contributed by atoms with van der Waals surface area (Å²) in [6, 6.07) is 4.31. The van der Waals surface area contributed by atoms with Crippen molar-refractivity contribution >= 4 is 15.7 Å². The van der Waals surface area contributed by atoms with Crippen molar-refractivity contribution in [1.82, 2.24) is 14.8 Å². The Labute approximate surface area is 144 Å². The van der Waals surface area contributed by atoms with Gasteiger partial charge in [-0.25, -0.2) is 22.2 Å². The number of aromatic nitrogens is 3. The minimum atomic E-state index is -3.44. The zero-order chi connectivity index (χ0) is 18.8. The molecular weight excluding hydrogens is 352 g/mol. The van der Waals surface area contributed by atoms with E-state index in [2.05, 4.69) is 15.4 Å². The molecule has 2 aromatic rings. The molecule has 0 saturated carbocycles. The number of nitrogens with one attached hydrogen (secondary N) is 1. The van der Waals surface area contributed by atoms with Crippen LogP contribution in [0.5, 0.6) is 0 Å². The number of nitriles is 1. The minimum absolute atomic E-state index is 0.00516. The van der Waals surface area contributed by atoms with Gasteiger partial charge in [0.15, 0.2) is 15.7 Å². The fraction of sp³-hybridized carbons (Fsp3) is 0.400. The highest BCUT2D eigenvalue weighted by atomic mass is 32.2. The standard InChI is InChI=1S/C15H17F2N5O2S/c1-4-9(2)20-15-11(7-18)13(14(16)17)21-22(15)12-6-5-10(8-19-12)25(3,23)24/h5-6,8-9,14,20H,4H2,1-3H3. The molecule has 1 unspecified atom stereocenters. The molecule has 0 radical (unpaired) electrons. The molecule has 2 rings (SSSR count). The van der Waals surface area contributed by atoms with E-state index in [0.717, 1.165) is 17.1 Å². The fourth-order valence-electron chi connectivity index (χ4n) is 2.05. The van der Waals surface area contributed by atoms with Gasteiger partial charge in [-0.3, -0.25) is 0 Å². The van der Waals surface area contributed by atoms with E-state index in [0.29, 0.717) is 6.42 Å². The lowest BCUT2D eigenvalue weighted by atomic mass is 10.2. The van der Waals surface area contributed by atoms with Gasteiger partial charge in [0, 0.05) is 18.5 Å². The Morgan fingerprint density at radius 2 is 2.08 bits per heavy atom. The second-order valence-corrected chi connectivity index (χ2v) is 7.53. The maximum absolute atomic E-state index is 13.2. The number of anilines is 1. The number of pyridine rings is 1. The predicted octanol–water partition coefficient (Wildman–Crippen LogP) is 2.69. The van der Waals surface area contributed by atoms with Gasteiger partial charge in [-0.1, -0.05) is 6.92 Å². The number of rotatable bonds is 6. The molecule has 0 aliphatic heterocycles. The first kappa shape index (κ1) is 18.8. The monoisotopic (exact) mass is 369 g/mol. The maximum Gasteiger partial charge on any atom is 0.283 e. The maximum atomic E-state index is 13.2. The number of hydrogen-bond donors (Lipinski definition) is 1. The molecule has 2 heterocycles. The molecule has 0 fully saturated rings. The Morgan fingerprint density at radius 1 is 1.40 bits per heavy atom. The molecule has 0 aliphatic rings. The molecule has 0 aromatic carbocycles. The topological polar surface area (TPSA) is 101 Å². The zero-order valence-corrected chi connectivity index (χ0v) is 14.7. The van der Waals surface area contributed by atoms with Gasteiger partial charge in [-0.05, 0) is 25.5 Å². The summed E-state index contributed by atoms with van der Waals surface area (Å²) in [6.07, 6.45) is -0.0758. The summed E-state index contributed by atoms with van der Waals surface area (Å²) in [5.41, 5.74) is -0.911. The molecule has 1 atom stereocenters. The molecule has 1 N–H and O–H groups in total. The van der Waals surface area contributed by atoms with Crippen molar-refractivity contribution in [1.29, 1.82) is 5.26 Å². The first-order valence-electron chi connectivity index (χ1n) is 7.43. The van der Waals surface area contributed by atoms with Crippen LogP contribution in [0.15, 0.2) is 23.2 Å². The van der Waals surface area contributed by atoms with Crippen LogP contribution < -0.4 is 5.32 Å². The summed E-state index contributed by atoms with van der Waals surface area (Å²) in [7, 11) is -3.44. The van der Waals surface area contributed by atoms with Crippen molar-refractivity contribution in [2.45, 2.75) is 37.6 Å². The smallest absolute Gasteiger partial charge is 0.283 e. The lowest BCUT2D eigenvalue weighted by Gasteiger charge is -2.14. The van der Waals surface area contributed by atoms with Crippen molar-refractivity contribution in [3.05, 3.63) is 29.6 Å². The van der Waals surface area contributed by atoms with Crippen LogP contribution in [0.25, 0.3) is 5.82 Å². The molecule has 0 amide bonds. The number of halogens is 2. The van der Waals surface area contributed by atoms with E-state index in [1.54, 1.807) is 6.07 Å². The Morgan fingerprint density at radius 3 is 2.52 bits per heavy atom. The highest BCUT2D eigenvalue weighted by Crippen LogP contribution is 2.30. The molecule has 10 heteroatoms. The van der Waals surface area contributed by atoms with Gasteiger partial charge >= 0.3 is 0 Å². The summed E-state index contributed by atoms with van der Waals surface area (Å²) in [6.45, 7) is 3.73. The van der Waals surface area contributed by atoms with Crippen molar-refractivity contribution in [3.8, 4) is 11.9 Å². The average molecular weight is 369 g/mol. The van der Waals surface area contributed by atoms with Gasteiger partial charge in [0.1, 0.15) is 23.1 Å². The number of hydrogen-bond acceptors (Lipinski definition) is 6. The first-order chi connectivity index (χ1) is 11.7. The third-order valence-corrected chi connectivity index (χ3v) is 4.69. The van der Waals surface area contributed by atoms with Crippen LogP contribution in [-0.2, 0) is 9.84 Å². The van der Waals surface area contributed by atoms with Crippen molar-refractivity contribution in [3.63, 3.8) is 0 Å². The molecule has 0 spiro atoms. The molecular formula is C15H17F2N5O2S. The lowest BCUT2D eigenvalue weighted by molar-refractivity contribution is 0.145. The quantitative estimate of drug-likeness (QED) is 0.840. The molecule has 0 saturated heterocycles. The highest BCUT2D eigenvalue weighted by molar-refractivity contribution is 7.90. The number of sulfone groups is 1. The third-order valence-electron chi connectivity index (χ3n) is 3.59. The Kier molecular flexibility index (Phi) is 5.37. The van der Waals surface area contributed by atoms with Crippen molar-refractivity contribution in [2.75, 3.05) is 11.6 Å². The molecule has 0 bridgehead atoms. The van der Waals surface area contributed by atoms with E-state index in [1.165, 1.54) is 12.1 Å². The molecule has 7 nitrogen and oxygen atoms in total. The minimum Gasteiger partial charge on any atom is -0.366 e. The van der Waals surface area contributed by atoms with E-state index >= 15 is 0 Å². The van der Waals surface area contributed by atoms with E-state index in [-0.39, 0.29) is 28.1 Å². The van der Waals surface area contributed by atoms with Crippen LogP contribution in [0.2, 0.25) is 0 Å². The van der Waals surface area contributed by atoms with Crippen molar-refractivity contribution in [2.24, 2.45) is 0 Å². The normalized spacial score (nSPS) is 12.8. The zero-order valence-electron chi connectivity index (χ0n) is 13.9. The van der Waals surface area contributed by atoms with E-state index < -0.39 is 22.0 Å². The third kappa shape index (κ3) is 3.93. The van der Waals surface area contributed by atoms with Crippen LogP contribution >= 0.6 is 0 Å².